The molecule has 1 atom stereocenters. The summed E-state index contributed by atoms with van der Waals surface area (Å²) in [5.41, 5.74) is 0.761. The van der Waals surface area contributed by atoms with Crippen molar-refractivity contribution < 1.29 is 9.84 Å². The van der Waals surface area contributed by atoms with Crippen molar-refractivity contribution in [2.75, 3.05) is 25.6 Å². The molecular weight excluding hydrogens is 204 g/mol. The number of aromatic nitrogens is 1. The van der Waals surface area contributed by atoms with Crippen LogP contribution >= 0.6 is 11.6 Å². The average molecular weight is 217 g/mol. The lowest BCUT2D eigenvalue weighted by Gasteiger charge is -2.12. The third-order valence-corrected chi connectivity index (χ3v) is 1.96. The van der Waals surface area contributed by atoms with Gasteiger partial charge in [0.05, 0.1) is 23.4 Å². The number of aliphatic hydroxyl groups excluding tert-OH is 1. The number of halogens is 1. The number of anilines is 1. The number of nitrogens with one attached hydrogen (secondary N) is 1. The molecule has 2 N–H and O–H groups in total. The first-order valence-electron chi connectivity index (χ1n) is 4.24. The zero-order valence-electron chi connectivity index (χ0n) is 7.90. The maximum absolute atomic E-state index is 9.36. The topological polar surface area (TPSA) is 54.4 Å². The summed E-state index contributed by atoms with van der Waals surface area (Å²) < 4.78 is 4.79. The number of pyridine rings is 1. The molecule has 0 radical (unpaired) electrons. The molecule has 1 rings (SSSR count). The van der Waals surface area contributed by atoms with E-state index >= 15 is 0 Å². The van der Waals surface area contributed by atoms with Crippen LogP contribution in [0.25, 0.3) is 0 Å². The normalized spacial score (nSPS) is 12.5. The van der Waals surface area contributed by atoms with Crippen LogP contribution in [0.1, 0.15) is 0 Å². The highest BCUT2D eigenvalue weighted by Gasteiger charge is 2.04. The van der Waals surface area contributed by atoms with Crippen molar-refractivity contribution >= 4 is 17.3 Å². The van der Waals surface area contributed by atoms with E-state index in [0.717, 1.165) is 5.69 Å². The SMILES string of the molecule is COC[C@H](O)CNc1ccncc1Cl. The van der Waals surface area contributed by atoms with Crippen LogP contribution in [-0.4, -0.2) is 36.5 Å². The minimum atomic E-state index is -0.538. The van der Waals surface area contributed by atoms with E-state index in [4.69, 9.17) is 16.3 Å². The number of hydrogen-bond acceptors (Lipinski definition) is 4. The highest BCUT2D eigenvalue weighted by atomic mass is 35.5. The second-order valence-corrected chi connectivity index (χ2v) is 3.25. The van der Waals surface area contributed by atoms with Crippen LogP contribution in [0.5, 0.6) is 0 Å². The zero-order chi connectivity index (χ0) is 10.4. The summed E-state index contributed by atoms with van der Waals surface area (Å²) in [5, 5.41) is 12.9. The first-order valence-corrected chi connectivity index (χ1v) is 4.62. The molecule has 78 valence electrons. The molecule has 1 aromatic heterocycles. The van der Waals surface area contributed by atoms with Gasteiger partial charge in [-0.1, -0.05) is 11.6 Å². The number of aliphatic hydroxyl groups is 1. The fourth-order valence-electron chi connectivity index (χ4n) is 0.998. The molecule has 0 fully saturated rings. The van der Waals surface area contributed by atoms with E-state index < -0.39 is 6.10 Å². The van der Waals surface area contributed by atoms with E-state index in [1.54, 1.807) is 25.6 Å². The van der Waals surface area contributed by atoms with Gasteiger partial charge in [0.1, 0.15) is 0 Å². The summed E-state index contributed by atoms with van der Waals surface area (Å²) in [7, 11) is 1.54. The van der Waals surface area contributed by atoms with Crippen LogP contribution in [-0.2, 0) is 4.74 Å². The van der Waals surface area contributed by atoms with E-state index in [-0.39, 0.29) is 0 Å². The van der Waals surface area contributed by atoms with Crippen LogP contribution < -0.4 is 5.32 Å². The minimum absolute atomic E-state index is 0.301. The van der Waals surface area contributed by atoms with Gasteiger partial charge in [0, 0.05) is 26.0 Å². The Hall–Kier alpha value is -0.840. The zero-order valence-corrected chi connectivity index (χ0v) is 8.66. The average Bonchev–Trinajstić information content (AvgIpc) is 2.17. The van der Waals surface area contributed by atoms with Gasteiger partial charge in [-0.25, -0.2) is 0 Å². The smallest absolute Gasteiger partial charge is 0.0945 e. The lowest BCUT2D eigenvalue weighted by Crippen LogP contribution is -2.24. The molecule has 0 spiro atoms. The van der Waals surface area contributed by atoms with Crippen molar-refractivity contribution in [3.8, 4) is 0 Å². The summed E-state index contributed by atoms with van der Waals surface area (Å²) in [6, 6.07) is 1.75. The van der Waals surface area contributed by atoms with Crippen molar-refractivity contribution in [3.05, 3.63) is 23.5 Å². The summed E-state index contributed by atoms with van der Waals surface area (Å²) in [5.74, 6) is 0. The second-order valence-electron chi connectivity index (χ2n) is 2.85. The van der Waals surface area contributed by atoms with Gasteiger partial charge < -0.3 is 15.2 Å². The van der Waals surface area contributed by atoms with Gasteiger partial charge >= 0.3 is 0 Å². The quantitative estimate of drug-likeness (QED) is 0.776. The van der Waals surface area contributed by atoms with E-state index in [0.29, 0.717) is 18.2 Å². The first kappa shape index (κ1) is 11.2. The molecule has 0 bridgehead atoms. The molecule has 0 aliphatic heterocycles. The highest BCUT2D eigenvalue weighted by molar-refractivity contribution is 6.33. The Morgan fingerprint density at radius 3 is 3.14 bits per heavy atom. The van der Waals surface area contributed by atoms with Crippen LogP contribution in [0.15, 0.2) is 18.5 Å². The Labute approximate surface area is 87.9 Å². The van der Waals surface area contributed by atoms with E-state index in [1.165, 1.54) is 0 Å². The van der Waals surface area contributed by atoms with Crippen LogP contribution in [0.3, 0.4) is 0 Å². The number of nitrogens with zero attached hydrogens (tertiary/aromatic N) is 1. The van der Waals surface area contributed by atoms with Crippen LogP contribution in [0.4, 0.5) is 5.69 Å². The van der Waals surface area contributed by atoms with Gasteiger partial charge in [0.15, 0.2) is 0 Å². The van der Waals surface area contributed by atoms with Gasteiger partial charge in [-0.15, -0.1) is 0 Å². The molecule has 4 nitrogen and oxygen atoms in total. The Balaban J connectivity index is 2.41. The number of rotatable bonds is 5. The van der Waals surface area contributed by atoms with Crippen molar-refractivity contribution in [2.24, 2.45) is 0 Å². The Morgan fingerprint density at radius 2 is 2.50 bits per heavy atom. The molecule has 0 aliphatic carbocycles. The fraction of sp³-hybridized carbons (Fsp3) is 0.444. The molecule has 0 unspecified atom stereocenters. The second kappa shape index (κ2) is 5.80. The maximum Gasteiger partial charge on any atom is 0.0945 e. The van der Waals surface area contributed by atoms with Gasteiger partial charge in [-0.3, -0.25) is 4.98 Å². The largest absolute Gasteiger partial charge is 0.389 e. The predicted molar refractivity (Wildman–Crippen MR) is 55.6 cm³/mol. The molecule has 0 saturated heterocycles. The standard InChI is InChI=1S/C9H13ClN2O2/c1-14-6-7(13)4-12-9-2-3-11-5-8(9)10/h2-3,5,7,13H,4,6H2,1H3,(H,11,12)/t7-/m1/s1. The molecule has 5 heteroatoms. The predicted octanol–water partition coefficient (Wildman–Crippen LogP) is 1.15. The number of ether oxygens (including phenoxy) is 1. The van der Waals surface area contributed by atoms with Gasteiger partial charge in [-0.2, -0.15) is 0 Å². The minimum Gasteiger partial charge on any atom is -0.389 e. The molecule has 0 aliphatic rings. The molecule has 1 heterocycles. The summed E-state index contributed by atoms with van der Waals surface area (Å²) in [4.78, 5) is 3.85. The van der Waals surface area contributed by atoms with Crippen LogP contribution in [0, 0.1) is 0 Å². The van der Waals surface area contributed by atoms with Gasteiger partial charge in [-0.05, 0) is 6.07 Å². The summed E-state index contributed by atoms with van der Waals surface area (Å²) in [6.45, 7) is 0.702. The molecule has 0 saturated carbocycles. The summed E-state index contributed by atoms with van der Waals surface area (Å²) >= 11 is 5.85. The van der Waals surface area contributed by atoms with Crippen LogP contribution in [0.2, 0.25) is 5.02 Å². The van der Waals surface area contributed by atoms with E-state index in [1.807, 2.05) is 0 Å². The van der Waals surface area contributed by atoms with Crippen molar-refractivity contribution in [1.29, 1.82) is 0 Å². The molecule has 0 aromatic carbocycles. The monoisotopic (exact) mass is 216 g/mol. The number of methoxy groups -OCH3 is 1. The Bertz CT molecular complexity index is 283. The van der Waals surface area contributed by atoms with Crippen molar-refractivity contribution in [3.63, 3.8) is 0 Å². The molecule has 14 heavy (non-hydrogen) atoms. The van der Waals surface area contributed by atoms with Gasteiger partial charge in [0.25, 0.3) is 0 Å². The lowest BCUT2D eigenvalue weighted by molar-refractivity contribution is 0.0727. The Kier molecular flexibility index (Phi) is 4.65. The molecular formula is C9H13ClN2O2. The maximum atomic E-state index is 9.36. The highest BCUT2D eigenvalue weighted by Crippen LogP contribution is 2.18. The summed E-state index contributed by atoms with van der Waals surface area (Å²) in [6.07, 6.45) is 2.65. The van der Waals surface area contributed by atoms with Crippen molar-refractivity contribution in [2.45, 2.75) is 6.10 Å². The Morgan fingerprint density at radius 1 is 1.71 bits per heavy atom. The fourth-order valence-corrected chi connectivity index (χ4v) is 1.18. The molecule has 0 amide bonds. The van der Waals surface area contributed by atoms with Crippen molar-refractivity contribution in [1.82, 2.24) is 4.98 Å². The van der Waals surface area contributed by atoms with E-state index in [9.17, 15) is 5.11 Å². The van der Waals surface area contributed by atoms with Gasteiger partial charge in [0.2, 0.25) is 0 Å². The van der Waals surface area contributed by atoms with E-state index in [2.05, 4.69) is 10.3 Å². The number of hydrogen-bond donors (Lipinski definition) is 2. The first-order chi connectivity index (χ1) is 6.74. The molecule has 1 aromatic rings. The third kappa shape index (κ3) is 3.49. The third-order valence-electron chi connectivity index (χ3n) is 1.66. The lowest BCUT2D eigenvalue weighted by atomic mass is 10.3.